The van der Waals surface area contributed by atoms with Gasteiger partial charge in [0, 0.05) is 47.4 Å². The molecule has 8 unspecified atom stereocenters. The van der Waals surface area contributed by atoms with Gasteiger partial charge in [-0.15, -0.1) is 0 Å². The number of Topliss-reactive ketones (excluding diaryl/α,β-unsaturated/α-hetero) is 2. The number of azide groups is 2. The molecule has 0 radical (unpaired) electrons. The Morgan fingerprint density at radius 1 is 0.512 bits per heavy atom. The van der Waals surface area contributed by atoms with E-state index < -0.39 is 141 Å². The van der Waals surface area contributed by atoms with Crippen LogP contribution in [0.4, 0.5) is 0 Å². The van der Waals surface area contributed by atoms with Crippen LogP contribution in [-0.4, -0.2) is 179 Å². The predicted molar refractivity (Wildman–Crippen MR) is 294 cm³/mol. The molecule has 15 atom stereocenters. The van der Waals surface area contributed by atoms with Crippen molar-refractivity contribution in [1.82, 2.24) is 0 Å². The lowest BCUT2D eigenvalue weighted by Gasteiger charge is -2.50. The van der Waals surface area contributed by atoms with Gasteiger partial charge in [0.1, 0.15) is 74.1 Å². The quantitative estimate of drug-likeness (QED) is 0.00915. The highest BCUT2D eigenvalue weighted by molar-refractivity contribution is 6.41. The lowest BCUT2D eigenvalue weighted by Crippen LogP contribution is -2.68. The van der Waals surface area contributed by atoms with E-state index in [9.17, 15) is 44.9 Å². The molecule has 1 N–H and O–H groups in total. The molecule has 3 heterocycles. The minimum atomic E-state index is -2.07. The van der Waals surface area contributed by atoms with Crippen molar-refractivity contribution in [2.24, 2.45) is 10.2 Å². The highest BCUT2D eigenvalue weighted by Gasteiger charge is 2.58. The molecule has 3 saturated heterocycles. The van der Waals surface area contributed by atoms with Crippen LogP contribution >= 0.6 is 0 Å². The van der Waals surface area contributed by atoms with E-state index in [-0.39, 0.29) is 43.1 Å². The number of benzene rings is 3. The van der Waals surface area contributed by atoms with Gasteiger partial charge >= 0.3 is 23.9 Å². The fraction of sp³-hybridized carbons (Fsp3) is 0.586. The number of aliphatic hydroxyl groups excluding tert-OH is 1. The average Bonchev–Trinajstić information content (AvgIpc) is 2.15. The summed E-state index contributed by atoms with van der Waals surface area (Å²) in [5.74, 6) is -6.66. The molecule has 0 aromatic heterocycles. The SMILES string of the molecule is CCCCOC1C(N=[N+]=[N-])[C@H](OC2C(C(=O)OC)OC(O[C@@H]3C(COC(=O)c4ccccc4)OC(O)[C@@H](N=[N+]=[N-])[C@H]3OC(=O)C(=O)c3ccccc3)[C@@H](OCCCC)[C@H]2OCCCC)OC(COC(=O)C(=O)c2ccccc2)[C@H]1OCCCC. The summed E-state index contributed by atoms with van der Waals surface area (Å²) >= 11 is 0. The Labute approximate surface area is 486 Å². The zero-order valence-corrected chi connectivity index (χ0v) is 47.6. The Kier molecular flexibility index (Phi) is 27.4. The summed E-state index contributed by atoms with van der Waals surface area (Å²) < 4.78 is 81.4. The number of ketones is 2. The van der Waals surface area contributed by atoms with Crippen LogP contribution in [0.2, 0.25) is 0 Å². The summed E-state index contributed by atoms with van der Waals surface area (Å²) in [5, 5.41) is 19.3. The molecule has 0 saturated carbocycles. The van der Waals surface area contributed by atoms with Crippen LogP contribution in [0.5, 0.6) is 0 Å². The average molecular weight is 1180 g/mol. The first-order chi connectivity index (χ1) is 40.8. The first kappa shape index (κ1) is 66.2. The van der Waals surface area contributed by atoms with Gasteiger partial charge in [0.15, 0.2) is 25.0 Å². The van der Waals surface area contributed by atoms with Gasteiger partial charge in [-0.1, -0.05) is 142 Å². The first-order valence-corrected chi connectivity index (χ1v) is 28.2. The number of ether oxygens (including phenoxy) is 13. The molecule has 0 bridgehead atoms. The standard InChI is InChI=1S/C58H74N6O20/c1-6-10-29-73-44-38(33-78-54(69)42(65)35-23-17-14-18-24-35)80-57(41(62-64-60)46(44)74-30-11-7-2)83-49-48(75-31-12-8-3)51(76-32-13-9-4)58(84-50(49)56(71)72-5)82-45-39(34-77-52(67)37-27-21-16-22-28-37)79-53(68)40(61-63-59)47(45)81-55(70)43(66)36-25-19-15-20-26-36/h14-28,38-41,44-51,53,57-58,68H,6-13,29-34H2,1-5H3/t38?,39?,40-,41?,44+,45+,46?,47+,48-,49?,50?,51-,53?,57-,58?/m0/s1. The van der Waals surface area contributed by atoms with Gasteiger partial charge in [-0.05, 0) is 48.9 Å². The van der Waals surface area contributed by atoms with E-state index in [4.69, 9.17) is 61.6 Å². The van der Waals surface area contributed by atoms with Gasteiger partial charge < -0.3 is 66.7 Å². The van der Waals surface area contributed by atoms with E-state index >= 15 is 0 Å². The largest absolute Gasteiger partial charge is 0.467 e. The van der Waals surface area contributed by atoms with Crippen molar-refractivity contribution >= 4 is 35.4 Å². The summed E-state index contributed by atoms with van der Waals surface area (Å²) in [7, 11) is 1.07. The Hall–Kier alpha value is -6.90. The molecule has 3 aromatic carbocycles. The Morgan fingerprint density at radius 3 is 1.51 bits per heavy atom. The molecular weight excluding hydrogens is 1100 g/mol. The molecule has 26 nitrogen and oxygen atoms in total. The number of esters is 4. The van der Waals surface area contributed by atoms with E-state index in [2.05, 4.69) is 20.1 Å². The Balaban J connectivity index is 1.45. The molecule has 3 aliphatic heterocycles. The molecule has 26 heteroatoms. The summed E-state index contributed by atoms with van der Waals surface area (Å²) in [5.41, 5.74) is 20.2. The lowest BCUT2D eigenvalue weighted by atomic mass is 9.94. The number of hydrogen-bond donors (Lipinski definition) is 1. The van der Waals surface area contributed by atoms with Crippen LogP contribution in [0.15, 0.2) is 101 Å². The van der Waals surface area contributed by atoms with Gasteiger partial charge in [0.2, 0.25) is 0 Å². The van der Waals surface area contributed by atoms with Crippen molar-refractivity contribution in [2.75, 3.05) is 46.8 Å². The van der Waals surface area contributed by atoms with Crippen LogP contribution in [0.25, 0.3) is 20.9 Å². The maximum Gasteiger partial charge on any atom is 0.380 e. The number of unbranched alkanes of at least 4 members (excludes halogenated alkanes) is 4. The number of hydrogen-bond acceptors (Lipinski definition) is 22. The maximum atomic E-state index is 14.4. The van der Waals surface area contributed by atoms with Gasteiger partial charge in [0.05, 0.1) is 18.8 Å². The molecule has 3 aromatic rings. The Bertz CT molecular complexity index is 2670. The number of aliphatic hydroxyl groups is 1. The van der Waals surface area contributed by atoms with Crippen molar-refractivity contribution in [2.45, 2.75) is 171 Å². The summed E-state index contributed by atoms with van der Waals surface area (Å²) in [6.07, 6.45) is -16.3. The number of nitrogens with zero attached hydrogens (tertiary/aromatic N) is 6. The van der Waals surface area contributed by atoms with Crippen molar-refractivity contribution in [3.63, 3.8) is 0 Å². The van der Waals surface area contributed by atoms with E-state index in [0.717, 1.165) is 13.5 Å². The summed E-state index contributed by atoms with van der Waals surface area (Å²) in [6, 6.07) is 19.8. The number of carbonyl (C=O) groups excluding carboxylic acids is 6. The molecular formula is C58H74N6O20. The molecule has 0 aliphatic carbocycles. The van der Waals surface area contributed by atoms with E-state index in [0.29, 0.717) is 44.9 Å². The molecule has 0 amide bonds. The van der Waals surface area contributed by atoms with Crippen LogP contribution in [-0.2, 0) is 76.0 Å². The first-order valence-electron chi connectivity index (χ1n) is 28.2. The second kappa shape index (κ2) is 34.8. The third-order valence-corrected chi connectivity index (χ3v) is 13.8. The highest BCUT2D eigenvalue weighted by atomic mass is 16.8. The highest BCUT2D eigenvalue weighted by Crippen LogP contribution is 2.38. The second-order valence-electron chi connectivity index (χ2n) is 19.7. The minimum Gasteiger partial charge on any atom is -0.467 e. The monoisotopic (exact) mass is 1170 g/mol. The van der Waals surface area contributed by atoms with Gasteiger partial charge in [-0.3, -0.25) is 9.59 Å². The predicted octanol–water partition coefficient (Wildman–Crippen LogP) is 7.27. The smallest absolute Gasteiger partial charge is 0.380 e. The van der Waals surface area contributed by atoms with Crippen molar-refractivity contribution in [3.05, 3.63) is 129 Å². The van der Waals surface area contributed by atoms with Crippen LogP contribution in [0.3, 0.4) is 0 Å². The number of rotatable bonds is 33. The molecule has 6 rings (SSSR count). The molecule has 0 spiro atoms. The zero-order chi connectivity index (χ0) is 60.4. The normalized spacial score (nSPS) is 27.4. The van der Waals surface area contributed by atoms with Gasteiger partial charge in [-0.2, -0.15) is 0 Å². The molecule has 84 heavy (non-hydrogen) atoms. The lowest BCUT2D eigenvalue weighted by molar-refractivity contribution is -0.369. The topological polar surface area (TPSA) is 340 Å². The fourth-order valence-electron chi connectivity index (χ4n) is 9.37. The zero-order valence-electron chi connectivity index (χ0n) is 47.6. The number of carbonyl (C=O) groups is 6. The van der Waals surface area contributed by atoms with E-state index in [1.54, 1.807) is 42.5 Å². The summed E-state index contributed by atoms with van der Waals surface area (Å²) in [4.78, 5) is 88.1. The minimum absolute atomic E-state index is 0.00226. The molecule has 456 valence electrons. The van der Waals surface area contributed by atoms with Crippen molar-refractivity contribution < 1.29 is 95.5 Å². The maximum absolute atomic E-state index is 14.4. The van der Waals surface area contributed by atoms with Gasteiger partial charge in [0.25, 0.3) is 11.6 Å². The fourth-order valence-corrected chi connectivity index (χ4v) is 9.37. The van der Waals surface area contributed by atoms with E-state index in [1.807, 2.05) is 27.7 Å². The number of methoxy groups -OCH3 is 1. The van der Waals surface area contributed by atoms with Crippen LogP contribution in [0.1, 0.15) is 110 Å². The van der Waals surface area contributed by atoms with Crippen molar-refractivity contribution in [3.8, 4) is 0 Å². The van der Waals surface area contributed by atoms with E-state index in [1.165, 1.54) is 48.5 Å². The van der Waals surface area contributed by atoms with Crippen LogP contribution < -0.4 is 0 Å². The molecule has 3 aliphatic rings. The third-order valence-electron chi connectivity index (χ3n) is 13.8. The van der Waals surface area contributed by atoms with Crippen molar-refractivity contribution in [1.29, 1.82) is 0 Å². The second-order valence-corrected chi connectivity index (χ2v) is 19.7. The van der Waals surface area contributed by atoms with Crippen LogP contribution in [0, 0.1) is 0 Å². The Morgan fingerprint density at radius 2 is 0.976 bits per heavy atom. The third kappa shape index (κ3) is 18.1. The summed E-state index contributed by atoms with van der Waals surface area (Å²) in [6.45, 7) is 6.69. The molecule has 3 fully saturated rings. The van der Waals surface area contributed by atoms with Gasteiger partial charge in [-0.25, -0.2) is 19.2 Å².